The molecule has 0 bridgehead atoms. The lowest BCUT2D eigenvalue weighted by atomic mass is 10.1. The number of hydrogen-bond acceptors (Lipinski definition) is 4. The van der Waals surface area contributed by atoms with Crippen molar-refractivity contribution in [1.29, 1.82) is 0 Å². The number of piperazine rings is 1. The maximum absolute atomic E-state index is 12.2. The Kier molecular flexibility index (Phi) is 6.17. The minimum atomic E-state index is -0.113. The summed E-state index contributed by atoms with van der Waals surface area (Å²) in [6.07, 6.45) is 3.47. The number of rotatable bonds is 4. The van der Waals surface area contributed by atoms with Gasteiger partial charge in [0.25, 0.3) is 0 Å². The molecule has 2 heterocycles. The molecule has 7 nitrogen and oxygen atoms in total. The highest BCUT2D eigenvalue weighted by Crippen LogP contribution is 2.16. The molecule has 118 valence electrons. The molecule has 0 saturated carbocycles. The summed E-state index contributed by atoms with van der Waals surface area (Å²) in [6.45, 7) is 3.71. The zero-order valence-electron chi connectivity index (χ0n) is 12.6. The Bertz CT molecular complexity index is 505. The molecule has 1 saturated heterocycles. The number of aryl methyl sites for hydroxylation is 1. The lowest BCUT2D eigenvalue weighted by Gasteiger charge is -2.34. The van der Waals surface area contributed by atoms with E-state index in [1.807, 2.05) is 21.0 Å². The fraction of sp³-hybridized carbons (Fsp3) is 0.615. The predicted molar refractivity (Wildman–Crippen MR) is 82.5 cm³/mol. The van der Waals surface area contributed by atoms with E-state index in [0.717, 1.165) is 5.69 Å². The molecule has 0 radical (unpaired) electrons. The summed E-state index contributed by atoms with van der Waals surface area (Å²) in [5.41, 5.74) is 0.785. The van der Waals surface area contributed by atoms with Crippen molar-refractivity contribution < 1.29 is 9.59 Å². The van der Waals surface area contributed by atoms with Crippen molar-refractivity contribution in [3.05, 3.63) is 12.4 Å². The summed E-state index contributed by atoms with van der Waals surface area (Å²) in [7, 11) is 3.63. The van der Waals surface area contributed by atoms with Crippen LogP contribution in [0.4, 0.5) is 5.69 Å². The molecule has 8 heteroatoms. The highest BCUT2D eigenvalue weighted by atomic mass is 35.5. The van der Waals surface area contributed by atoms with Crippen LogP contribution >= 0.6 is 12.4 Å². The van der Waals surface area contributed by atoms with E-state index in [9.17, 15) is 9.59 Å². The molecule has 1 unspecified atom stereocenters. The largest absolute Gasteiger partial charge is 0.331 e. The van der Waals surface area contributed by atoms with E-state index in [0.29, 0.717) is 19.6 Å². The van der Waals surface area contributed by atoms with Crippen LogP contribution in [0, 0.1) is 5.92 Å². The maximum atomic E-state index is 12.2. The van der Waals surface area contributed by atoms with Crippen LogP contribution in [0.3, 0.4) is 0 Å². The zero-order chi connectivity index (χ0) is 14.7. The number of carbonyl (C=O) groups excluding carboxylic acids is 2. The Morgan fingerprint density at radius 3 is 2.71 bits per heavy atom. The second-order valence-electron chi connectivity index (χ2n) is 5.14. The summed E-state index contributed by atoms with van der Waals surface area (Å²) in [5.74, 6) is -0.148. The van der Waals surface area contributed by atoms with Crippen molar-refractivity contribution in [1.82, 2.24) is 20.0 Å². The van der Waals surface area contributed by atoms with Crippen molar-refractivity contribution in [2.45, 2.75) is 6.92 Å². The minimum absolute atomic E-state index is 0. The van der Waals surface area contributed by atoms with Crippen LogP contribution in [-0.2, 0) is 16.6 Å². The van der Waals surface area contributed by atoms with Crippen LogP contribution in [0.15, 0.2) is 12.4 Å². The van der Waals surface area contributed by atoms with Gasteiger partial charge in [0.15, 0.2) is 0 Å². The van der Waals surface area contributed by atoms with Crippen LogP contribution in [0.25, 0.3) is 0 Å². The van der Waals surface area contributed by atoms with E-state index >= 15 is 0 Å². The number of nitrogens with zero attached hydrogens (tertiary/aromatic N) is 4. The number of aromatic nitrogens is 2. The molecule has 2 rings (SSSR count). The van der Waals surface area contributed by atoms with Gasteiger partial charge >= 0.3 is 0 Å². The first kappa shape index (κ1) is 17.5. The third-order valence-electron chi connectivity index (χ3n) is 3.47. The van der Waals surface area contributed by atoms with Crippen molar-refractivity contribution in [3.63, 3.8) is 0 Å². The maximum Gasteiger partial charge on any atom is 0.246 e. The monoisotopic (exact) mass is 315 g/mol. The first-order valence-electron chi connectivity index (χ1n) is 6.75. The lowest BCUT2D eigenvalue weighted by Crippen LogP contribution is -2.54. The van der Waals surface area contributed by atoms with Crippen molar-refractivity contribution in [2.24, 2.45) is 13.0 Å². The second-order valence-corrected chi connectivity index (χ2v) is 5.14. The van der Waals surface area contributed by atoms with Crippen LogP contribution < -0.4 is 10.2 Å². The van der Waals surface area contributed by atoms with Gasteiger partial charge in [-0.3, -0.25) is 14.3 Å². The molecule has 1 aromatic heterocycles. The number of anilines is 1. The van der Waals surface area contributed by atoms with Crippen LogP contribution in [-0.4, -0.2) is 59.7 Å². The highest BCUT2D eigenvalue weighted by molar-refractivity contribution is 5.97. The molecule has 2 amide bonds. The summed E-state index contributed by atoms with van der Waals surface area (Å²) in [5, 5.41) is 7.05. The lowest BCUT2D eigenvalue weighted by molar-refractivity contribution is -0.139. The standard InChI is InChI=1S/C13H21N5O2.ClH/c1-10(6-14-2)13(20)17-4-5-18(12(19)9-17)11-7-15-16(3)8-11;/h7-8,10,14H,4-6,9H2,1-3H3;1H. The third kappa shape index (κ3) is 3.95. The van der Waals surface area contributed by atoms with Gasteiger partial charge in [-0.2, -0.15) is 5.10 Å². The fourth-order valence-corrected chi connectivity index (χ4v) is 2.39. The molecule has 0 spiro atoms. The van der Waals surface area contributed by atoms with E-state index in [-0.39, 0.29) is 36.7 Å². The van der Waals surface area contributed by atoms with Gasteiger partial charge in [0, 0.05) is 38.8 Å². The van der Waals surface area contributed by atoms with Crippen molar-refractivity contribution >= 4 is 29.9 Å². The molecule has 1 aliphatic rings. The van der Waals surface area contributed by atoms with Gasteiger partial charge in [0.1, 0.15) is 6.54 Å². The Morgan fingerprint density at radius 1 is 1.48 bits per heavy atom. The normalized spacial score (nSPS) is 16.6. The van der Waals surface area contributed by atoms with Gasteiger partial charge in [-0.25, -0.2) is 0 Å². The summed E-state index contributed by atoms with van der Waals surface area (Å²) in [6, 6.07) is 0. The van der Waals surface area contributed by atoms with Crippen molar-refractivity contribution in [3.8, 4) is 0 Å². The molecule has 0 aromatic carbocycles. The average Bonchev–Trinajstić information content (AvgIpc) is 2.84. The zero-order valence-corrected chi connectivity index (χ0v) is 13.4. The molecular weight excluding hydrogens is 294 g/mol. The number of halogens is 1. The Morgan fingerprint density at radius 2 is 2.19 bits per heavy atom. The average molecular weight is 316 g/mol. The van der Waals surface area contributed by atoms with E-state index in [4.69, 9.17) is 0 Å². The molecule has 1 fully saturated rings. The molecule has 0 aliphatic carbocycles. The smallest absolute Gasteiger partial charge is 0.246 e. The number of nitrogens with one attached hydrogen (secondary N) is 1. The summed E-state index contributed by atoms with van der Waals surface area (Å²) in [4.78, 5) is 27.7. The van der Waals surface area contributed by atoms with Crippen LogP contribution in [0.1, 0.15) is 6.92 Å². The predicted octanol–water partition coefficient (Wildman–Crippen LogP) is -0.127. The Hall–Kier alpha value is -1.60. The Balaban J connectivity index is 0.00000220. The highest BCUT2D eigenvalue weighted by Gasteiger charge is 2.30. The first-order valence-corrected chi connectivity index (χ1v) is 6.75. The van der Waals surface area contributed by atoms with Gasteiger partial charge in [-0.15, -0.1) is 12.4 Å². The first-order chi connectivity index (χ1) is 9.52. The number of hydrogen-bond donors (Lipinski definition) is 1. The fourth-order valence-electron chi connectivity index (χ4n) is 2.39. The van der Waals surface area contributed by atoms with Crippen molar-refractivity contribution in [2.75, 3.05) is 38.1 Å². The van der Waals surface area contributed by atoms with Crippen LogP contribution in [0.5, 0.6) is 0 Å². The Labute approximate surface area is 130 Å². The molecule has 1 atom stereocenters. The van der Waals surface area contributed by atoms with E-state index < -0.39 is 0 Å². The topological polar surface area (TPSA) is 70.5 Å². The summed E-state index contributed by atoms with van der Waals surface area (Å²) >= 11 is 0. The molecule has 1 N–H and O–H groups in total. The van der Waals surface area contributed by atoms with Gasteiger partial charge in [-0.05, 0) is 7.05 Å². The number of carbonyl (C=O) groups is 2. The van der Waals surface area contributed by atoms with Crippen LogP contribution in [0.2, 0.25) is 0 Å². The quantitative estimate of drug-likeness (QED) is 0.840. The SMILES string of the molecule is CNCC(C)C(=O)N1CCN(c2cnn(C)c2)C(=O)C1.Cl. The molecule has 1 aliphatic heterocycles. The molecule has 1 aromatic rings. The minimum Gasteiger partial charge on any atom is -0.331 e. The van der Waals surface area contributed by atoms with E-state index in [1.54, 1.807) is 26.9 Å². The molecular formula is C13H22ClN5O2. The van der Waals surface area contributed by atoms with Gasteiger partial charge in [-0.1, -0.05) is 6.92 Å². The van der Waals surface area contributed by atoms with Gasteiger partial charge in [0.05, 0.1) is 11.9 Å². The van der Waals surface area contributed by atoms with E-state index in [1.165, 1.54) is 0 Å². The van der Waals surface area contributed by atoms with E-state index in [2.05, 4.69) is 10.4 Å². The third-order valence-corrected chi connectivity index (χ3v) is 3.47. The second kappa shape index (κ2) is 7.42. The number of amides is 2. The summed E-state index contributed by atoms with van der Waals surface area (Å²) < 4.78 is 1.66. The molecule has 21 heavy (non-hydrogen) atoms. The van der Waals surface area contributed by atoms with Gasteiger partial charge in [0.2, 0.25) is 11.8 Å². The van der Waals surface area contributed by atoms with Gasteiger partial charge < -0.3 is 15.1 Å².